The summed E-state index contributed by atoms with van der Waals surface area (Å²) in [6, 6.07) is -0.419. The molecule has 0 unspecified atom stereocenters. The summed E-state index contributed by atoms with van der Waals surface area (Å²) in [5.74, 6) is -1.12. The summed E-state index contributed by atoms with van der Waals surface area (Å²) in [6.07, 6.45) is 5.86. The van der Waals surface area contributed by atoms with Gasteiger partial charge in [-0.25, -0.2) is 4.79 Å². The molecule has 2 fully saturated rings. The third kappa shape index (κ3) is 3.42. The van der Waals surface area contributed by atoms with Crippen LogP contribution in [0, 0.1) is 0 Å². The Balaban J connectivity index is 2.19. The first kappa shape index (κ1) is 18.7. The second-order valence-corrected chi connectivity index (χ2v) is 7.16. The van der Waals surface area contributed by atoms with Crippen LogP contribution in [0.15, 0.2) is 9.59 Å². The van der Waals surface area contributed by atoms with Gasteiger partial charge < -0.3 is 15.7 Å². The molecule has 1 saturated heterocycles. The van der Waals surface area contributed by atoms with Crippen LogP contribution < -0.4 is 21.9 Å². The number of amides is 1. The van der Waals surface area contributed by atoms with Crippen LogP contribution in [0.25, 0.3) is 0 Å². The lowest BCUT2D eigenvalue weighted by molar-refractivity contribution is 0.0946. The minimum absolute atomic E-state index is 0.203. The quantitative estimate of drug-likeness (QED) is 0.736. The molecule has 1 saturated carbocycles. The highest BCUT2D eigenvalue weighted by atomic mass is 16.3. The van der Waals surface area contributed by atoms with Gasteiger partial charge >= 0.3 is 5.69 Å². The molecule has 1 aromatic rings. The van der Waals surface area contributed by atoms with E-state index in [9.17, 15) is 19.5 Å². The number of nitrogens with one attached hydrogen (secondary N) is 2. The van der Waals surface area contributed by atoms with Crippen molar-refractivity contribution in [1.29, 1.82) is 0 Å². The monoisotopic (exact) mass is 364 g/mol. The van der Waals surface area contributed by atoms with Crippen molar-refractivity contribution in [2.24, 2.45) is 0 Å². The highest BCUT2D eigenvalue weighted by Crippen LogP contribution is 2.28. The molecule has 1 aromatic heterocycles. The van der Waals surface area contributed by atoms with Gasteiger partial charge in [-0.05, 0) is 45.7 Å². The van der Waals surface area contributed by atoms with Crippen molar-refractivity contribution in [2.75, 3.05) is 19.6 Å². The van der Waals surface area contributed by atoms with Crippen LogP contribution in [0.3, 0.4) is 0 Å². The number of aromatic hydroxyl groups is 1. The molecule has 0 bridgehead atoms. The summed E-state index contributed by atoms with van der Waals surface area (Å²) in [7, 11) is 0. The normalized spacial score (nSPS) is 19.4. The molecule has 1 amide bonds. The topological polar surface area (TPSA) is 105 Å². The standard InChI is InChI=1S/C18H28N4O4/c1-2-20-15(23)14-16(24)21(12-6-4-3-5-7-12)18(26)22(17(14)25)13-8-10-19-11-9-13/h12-13,19,25H,2-11H2,1H3,(H,20,23). The number of piperidine rings is 1. The van der Waals surface area contributed by atoms with Crippen molar-refractivity contribution in [3.05, 3.63) is 26.4 Å². The molecular formula is C18H28N4O4. The van der Waals surface area contributed by atoms with Crippen LogP contribution in [0.4, 0.5) is 0 Å². The molecule has 144 valence electrons. The van der Waals surface area contributed by atoms with Gasteiger partial charge in [0.2, 0.25) is 5.88 Å². The van der Waals surface area contributed by atoms with Gasteiger partial charge in [0.15, 0.2) is 5.56 Å². The van der Waals surface area contributed by atoms with E-state index in [4.69, 9.17) is 0 Å². The van der Waals surface area contributed by atoms with Gasteiger partial charge in [-0.1, -0.05) is 19.3 Å². The van der Waals surface area contributed by atoms with Gasteiger partial charge in [0.1, 0.15) is 0 Å². The van der Waals surface area contributed by atoms with Gasteiger partial charge in [-0.3, -0.25) is 18.7 Å². The minimum atomic E-state index is -0.671. The highest BCUT2D eigenvalue weighted by Gasteiger charge is 2.31. The average molecular weight is 364 g/mol. The molecule has 0 radical (unpaired) electrons. The van der Waals surface area contributed by atoms with E-state index in [-0.39, 0.29) is 17.6 Å². The molecule has 8 nitrogen and oxygen atoms in total. The Morgan fingerprint density at radius 3 is 2.31 bits per heavy atom. The zero-order valence-corrected chi connectivity index (χ0v) is 15.3. The van der Waals surface area contributed by atoms with E-state index in [0.717, 1.165) is 45.2 Å². The van der Waals surface area contributed by atoms with Crippen molar-refractivity contribution in [3.8, 4) is 5.88 Å². The van der Waals surface area contributed by atoms with E-state index in [1.807, 2.05) is 0 Å². The van der Waals surface area contributed by atoms with Gasteiger partial charge in [-0.2, -0.15) is 0 Å². The van der Waals surface area contributed by atoms with Crippen molar-refractivity contribution in [2.45, 2.75) is 64.0 Å². The van der Waals surface area contributed by atoms with E-state index >= 15 is 0 Å². The molecule has 0 spiro atoms. The maximum Gasteiger partial charge on any atom is 0.334 e. The van der Waals surface area contributed by atoms with Crippen LogP contribution in [-0.4, -0.2) is 39.8 Å². The number of hydrogen-bond acceptors (Lipinski definition) is 5. The molecule has 8 heteroatoms. The zero-order chi connectivity index (χ0) is 18.7. The molecule has 1 aliphatic heterocycles. The second-order valence-electron chi connectivity index (χ2n) is 7.16. The summed E-state index contributed by atoms with van der Waals surface area (Å²) in [5, 5.41) is 16.5. The van der Waals surface area contributed by atoms with E-state index in [1.165, 1.54) is 9.13 Å². The Kier molecular flexibility index (Phi) is 5.80. The maximum absolute atomic E-state index is 13.2. The first-order valence-corrected chi connectivity index (χ1v) is 9.65. The molecule has 26 heavy (non-hydrogen) atoms. The van der Waals surface area contributed by atoms with Crippen molar-refractivity contribution >= 4 is 5.91 Å². The van der Waals surface area contributed by atoms with Gasteiger partial charge in [0.25, 0.3) is 11.5 Å². The first-order valence-electron chi connectivity index (χ1n) is 9.65. The Bertz CT molecular complexity index is 771. The molecule has 2 aliphatic rings. The molecule has 0 aromatic carbocycles. The average Bonchev–Trinajstić information content (AvgIpc) is 2.63. The lowest BCUT2D eigenvalue weighted by Gasteiger charge is -2.29. The summed E-state index contributed by atoms with van der Waals surface area (Å²) >= 11 is 0. The number of carbonyl (C=O) groups is 1. The van der Waals surface area contributed by atoms with Crippen LogP contribution >= 0.6 is 0 Å². The van der Waals surface area contributed by atoms with Crippen molar-refractivity contribution < 1.29 is 9.90 Å². The molecule has 3 N–H and O–H groups in total. The number of aromatic nitrogens is 2. The summed E-state index contributed by atoms with van der Waals surface area (Å²) in [6.45, 7) is 3.55. The highest BCUT2D eigenvalue weighted by molar-refractivity contribution is 5.95. The maximum atomic E-state index is 13.2. The fraction of sp³-hybridized carbons (Fsp3) is 0.722. The third-order valence-corrected chi connectivity index (χ3v) is 5.47. The van der Waals surface area contributed by atoms with E-state index in [0.29, 0.717) is 19.4 Å². The lowest BCUT2D eigenvalue weighted by atomic mass is 9.95. The lowest BCUT2D eigenvalue weighted by Crippen LogP contribution is -2.48. The van der Waals surface area contributed by atoms with Crippen molar-refractivity contribution in [1.82, 2.24) is 19.8 Å². The Morgan fingerprint density at radius 1 is 1.08 bits per heavy atom. The third-order valence-electron chi connectivity index (χ3n) is 5.47. The zero-order valence-electron chi connectivity index (χ0n) is 15.3. The van der Waals surface area contributed by atoms with Crippen LogP contribution in [0.1, 0.15) is 74.3 Å². The SMILES string of the molecule is CCNC(=O)c1c(O)n(C2CCNCC2)c(=O)n(C2CCCCC2)c1=O. The molecule has 0 atom stereocenters. The van der Waals surface area contributed by atoms with Gasteiger partial charge in [0, 0.05) is 18.6 Å². The Morgan fingerprint density at radius 2 is 1.69 bits per heavy atom. The number of rotatable bonds is 4. The Hall–Kier alpha value is -2.09. The summed E-state index contributed by atoms with van der Waals surface area (Å²) in [5.41, 5.74) is -1.47. The van der Waals surface area contributed by atoms with Crippen LogP contribution in [-0.2, 0) is 0 Å². The first-order chi connectivity index (χ1) is 12.6. The predicted octanol–water partition coefficient (Wildman–Crippen LogP) is 0.895. The van der Waals surface area contributed by atoms with Gasteiger partial charge in [0.05, 0.1) is 0 Å². The molecule has 2 heterocycles. The summed E-state index contributed by atoms with van der Waals surface area (Å²) < 4.78 is 2.51. The van der Waals surface area contributed by atoms with Crippen LogP contribution in [0.5, 0.6) is 5.88 Å². The fourth-order valence-corrected chi connectivity index (χ4v) is 4.13. The number of carbonyl (C=O) groups excluding carboxylic acids is 1. The fourth-order valence-electron chi connectivity index (χ4n) is 4.13. The summed E-state index contributed by atoms with van der Waals surface area (Å²) in [4.78, 5) is 38.6. The predicted molar refractivity (Wildman–Crippen MR) is 97.9 cm³/mol. The number of hydrogen-bond donors (Lipinski definition) is 3. The second kappa shape index (κ2) is 8.07. The minimum Gasteiger partial charge on any atom is -0.494 e. The molecular weight excluding hydrogens is 336 g/mol. The van der Waals surface area contributed by atoms with Crippen molar-refractivity contribution in [3.63, 3.8) is 0 Å². The molecule has 3 rings (SSSR count). The van der Waals surface area contributed by atoms with Crippen LogP contribution in [0.2, 0.25) is 0 Å². The smallest absolute Gasteiger partial charge is 0.334 e. The Labute approximate surface area is 152 Å². The largest absolute Gasteiger partial charge is 0.494 e. The number of nitrogens with zero attached hydrogens (tertiary/aromatic N) is 2. The molecule has 1 aliphatic carbocycles. The van der Waals surface area contributed by atoms with E-state index < -0.39 is 23.0 Å². The van der Waals surface area contributed by atoms with E-state index in [1.54, 1.807) is 6.92 Å². The van der Waals surface area contributed by atoms with E-state index in [2.05, 4.69) is 10.6 Å². The van der Waals surface area contributed by atoms with Gasteiger partial charge in [-0.15, -0.1) is 0 Å².